The molecular weight excluding hydrogens is 378 g/mol. The summed E-state index contributed by atoms with van der Waals surface area (Å²) in [4.78, 5) is 36.6. The van der Waals surface area contributed by atoms with Crippen LogP contribution in [0.2, 0.25) is 0 Å². The Bertz CT molecular complexity index is 1010. The molecule has 0 aliphatic rings. The van der Waals surface area contributed by atoms with Gasteiger partial charge in [0.2, 0.25) is 0 Å². The number of anilines is 1. The predicted octanol–water partition coefficient (Wildman–Crippen LogP) is 3.25. The van der Waals surface area contributed by atoms with Gasteiger partial charge in [0.1, 0.15) is 0 Å². The highest BCUT2D eigenvalue weighted by atomic mass is 32.1. The Labute approximate surface area is 165 Å². The van der Waals surface area contributed by atoms with Crippen molar-refractivity contribution >= 4 is 34.8 Å². The van der Waals surface area contributed by atoms with Gasteiger partial charge >= 0.3 is 17.8 Å². The van der Waals surface area contributed by atoms with Gasteiger partial charge in [-0.1, -0.05) is 18.2 Å². The summed E-state index contributed by atoms with van der Waals surface area (Å²) in [6.45, 7) is 1.89. The molecule has 0 radical (unpaired) electrons. The molecule has 2 heterocycles. The quantitative estimate of drug-likeness (QED) is 0.556. The van der Waals surface area contributed by atoms with E-state index >= 15 is 0 Å². The molecule has 28 heavy (non-hydrogen) atoms. The molecule has 0 fully saturated rings. The number of carboxylic acid groups (broad SMARTS) is 1. The Morgan fingerprint density at radius 1 is 1.07 bits per heavy atom. The maximum Gasteiger partial charge on any atom is 0.328 e. The molecule has 3 aromatic rings. The summed E-state index contributed by atoms with van der Waals surface area (Å²) < 4.78 is 1.48. The fourth-order valence-electron chi connectivity index (χ4n) is 2.72. The van der Waals surface area contributed by atoms with Gasteiger partial charge in [0.15, 0.2) is 0 Å². The number of nitrogens with one attached hydrogen (secondary N) is 2. The molecule has 0 unspecified atom stereocenters. The van der Waals surface area contributed by atoms with Gasteiger partial charge in [-0.05, 0) is 48.2 Å². The Balaban J connectivity index is 1.80. The van der Waals surface area contributed by atoms with E-state index in [1.54, 1.807) is 30.3 Å². The van der Waals surface area contributed by atoms with Crippen molar-refractivity contribution in [3.05, 3.63) is 65.2 Å². The minimum atomic E-state index is -0.936. The number of aryl methyl sites for hydroxylation is 2. The van der Waals surface area contributed by atoms with Crippen LogP contribution in [0.25, 0.3) is 10.6 Å². The Morgan fingerprint density at radius 2 is 1.89 bits per heavy atom. The van der Waals surface area contributed by atoms with Crippen LogP contribution in [0.5, 0.6) is 0 Å². The molecule has 3 N–H and O–H groups in total. The molecule has 0 saturated heterocycles. The number of carbonyl (C=O) groups excluding carboxylic acids is 2. The summed E-state index contributed by atoms with van der Waals surface area (Å²) in [6.07, 6.45) is 0.139. The van der Waals surface area contributed by atoms with E-state index in [4.69, 9.17) is 5.11 Å². The lowest BCUT2D eigenvalue weighted by Crippen LogP contribution is -2.35. The lowest BCUT2D eigenvalue weighted by atomic mass is 10.2. The molecular formula is C20H19N3O4S. The number of carboxylic acids is 1. The van der Waals surface area contributed by atoms with E-state index in [2.05, 4.69) is 10.7 Å². The molecule has 1 aromatic carbocycles. The topological polar surface area (TPSA) is 100 Å². The second-order valence-electron chi connectivity index (χ2n) is 6.18. The van der Waals surface area contributed by atoms with Crippen LogP contribution in [0.1, 0.15) is 17.7 Å². The van der Waals surface area contributed by atoms with E-state index < -0.39 is 17.8 Å². The maximum atomic E-state index is 12.5. The van der Waals surface area contributed by atoms with E-state index in [1.807, 2.05) is 30.5 Å². The average molecular weight is 397 g/mol. The largest absolute Gasteiger partial charge is 0.481 e. The Morgan fingerprint density at radius 3 is 2.57 bits per heavy atom. The van der Waals surface area contributed by atoms with Crippen molar-refractivity contribution in [1.29, 1.82) is 0 Å². The number of nitrogens with zero attached hydrogens (tertiary/aromatic N) is 1. The molecule has 0 saturated carbocycles. The first-order valence-electron chi connectivity index (χ1n) is 8.59. The fourth-order valence-corrected chi connectivity index (χ4v) is 3.46. The molecule has 8 heteroatoms. The van der Waals surface area contributed by atoms with Gasteiger partial charge in [-0.15, -0.1) is 11.3 Å². The second kappa shape index (κ2) is 8.53. The third-order valence-electron chi connectivity index (χ3n) is 4.03. The van der Waals surface area contributed by atoms with Crippen molar-refractivity contribution in [3.8, 4) is 10.6 Å². The molecule has 0 aliphatic heterocycles. The van der Waals surface area contributed by atoms with Gasteiger partial charge in [-0.3, -0.25) is 24.5 Å². The highest BCUT2D eigenvalue weighted by Gasteiger charge is 2.19. The highest BCUT2D eigenvalue weighted by Crippen LogP contribution is 2.26. The van der Waals surface area contributed by atoms with E-state index in [0.29, 0.717) is 17.1 Å². The molecule has 2 amide bonds. The van der Waals surface area contributed by atoms with Crippen molar-refractivity contribution in [2.45, 2.75) is 19.8 Å². The second-order valence-corrected chi connectivity index (χ2v) is 7.13. The monoisotopic (exact) mass is 397 g/mol. The van der Waals surface area contributed by atoms with Crippen LogP contribution < -0.4 is 10.7 Å². The smallest absolute Gasteiger partial charge is 0.328 e. The first-order chi connectivity index (χ1) is 13.4. The standard InChI is InChI=1S/C20H19N3O4S/c1-13-4-2-5-14(12-13)21-19(26)20(27)22-23-15(8-10-18(24)25)7-9-16(23)17-6-3-11-28-17/h2-7,9,11-12H,8,10H2,1H3,(H,21,26)(H,22,27)(H,24,25). The van der Waals surface area contributed by atoms with Gasteiger partial charge in [0.05, 0.1) is 17.0 Å². The SMILES string of the molecule is Cc1cccc(NC(=O)C(=O)Nn2c(CCC(=O)O)ccc2-c2cccs2)c1. The summed E-state index contributed by atoms with van der Waals surface area (Å²) in [7, 11) is 0. The number of aromatic nitrogens is 1. The van der Waals surface area contributed by atoms with Gasteiger partial charge in [-0.2, -0.15) is 0 Å². The summed E-state index contributed by atoms with van der Waals surface area (Å²) in [5, 5.41) is 13.4. The first kappa shape index (κ1) is 19.4. The minimum Gasteiger partial charge on any atom is -0.481 e. The normalized spacial score (nSPS) is 10.5. The van der Waals surface area contributed by atoms with Gasteiger partial charge in [0, 0.05) is 17.8 Å². The van der Waals surface area contributed by atoms with E-state index in [0.717, 1.165) is 10.4 Å². The molecule has 3 rings (SSSR count). The lowest BCUT2D eigenvalue weighted by Gasteiger charge is -2.14. The third-order valence-corrected chi connectivity index (χ3v) is 4.92. The third kappa shape index (κ3) is 4.66. The molecule has 7 nitrogen and oxygen atoms in total. The van der Waals surface area contributed by atoms with Crippen LogP contribution in [-0.4, -0.2) is 27.6 Å². The minimum absolute atomic E-state index is 0.0841. The zero-order chi connectivity index (χ0) is 20.1. The van der Waals surface area contributed by atoms with Gasteiger partial charge in [-0.25, -0.2) is 0 Å². The number of carbonyl (C=O) groups is 3. The van der Waals surface area contributed by atoms with E-state index in [1.165, 1.54) is 16.0 Å². The number of rotatable bonds is 6. The number of benzene rings is 1. The highest BCUT2D eigenvalue weighted by molar-refractivity contribution is 7.13. The zero-order valence-electron chi connectivity index (χ0n) is 15.1. The van der Waals surface area contributed by atoms with E-state index in [9.17, 15) is 14.4 Å². The summed E-state index contributed by atoms with van der Waals surface area (Å²) >= 11 is 1.48. The van der Waals surface area contributed by atoms with E-state index in [-0.39, 0.29) is 12.8 Å². The molecule has 0 spiro atoms. The fraction of sp³-hybridized carbons (Fsp3) is 0.150. The van der Waals surface area contributed by atoms with Crippen LogP contribution in [-0.2, 0) is 20.8 Å². The van der Waals surface area contributed by atoms with Crippen LogP contribution in [0.4, 0.5) is 5.69 Å². The van der Waals surface area contributed by atoms with Crippen LogP contribution in [0.3, 0.4) is 0 Å². The molecule has 144 valence electrons. The molecule has 0 aliphatic carbocycles. The number of aliphatic carboxylic acids is 1. The molecule has 2 aromatic heterocycles. The van der Waals surface area contributed by atoms with Crippen LogP contribution in [0.15, 0.2) is 53.9 Å². The predicted molar refractivity (Wildman–Crippen MR) is 108 cm³/mol. The van der Waals surface area contributed by atoms with Crippen molar-refractivity contribution in [2.75, 3.05) is 10.7 Å². The average Bonchev–Trinajstić information content (AvgIpc) is 3.29. The van der Waals surface area contributed by atoms with Gasteiger partial charge in [0.25, 0.3) is 0 Å². The zero-order valence-corrected chi connectivity index (χ0v) is 16.0. The Kier molecular flexibility index (Phi) is 5.90. The lowest BCUT2D eigenvalue weighted by molar-refractivity contribution is -0.137. The van der Waals surface area contributed by atoms with Crippen molar-refractivity contribution in [1.82, 2.24) is 4.68 Å². The van der Waals surface area contributed by atoms with Gasteiger partial charge < -0.3 is 10.4 Å². The summed E-state index contributed by atoms with van der Waals surface area (Å²) in [5.74, 6) is -2.58. The number of hydrogen-bond donors (Lipinski definition) is 3. The molecule has 0 bridgehead atoms. The number of amides is 2. The van der Waals surface area contributed by atoms with Crippen molar-refractivity contribution < 1.29 is 19.5 Å². The number of hydrogen-bond acceptors (Lipinski definition) is 4. The van der Waals surface area contributed by atoms with Crippen LogP contribution in [0, 0.1) is 6.92 Å². The maximum absolute atomic E-state index is 12.5. The summed E-state index contributed by atoms with van der Waals surface area (Å²) in [5.41, 5.74) is 5.36. The van der Waals surface area contributed by atoms with Crippen molar-refractivity contribution in [3.63, 3.8) is 0 Å². The summed E-state index contributed by atoms with van der Waals surface area (Å²) in [6, 6.07) is 14.4. The molecule has 0 atom stereocenters. The van der Waals surface area contributed by atoms with Crippen molar-refractivity contribution in [2.24, 2.45) is 0 Å². The first-order valence-corrected chi connectivity index (χ1v) is 9.47. The Hall–Kier alpha value is -3.39. The number of thiophene rings is 1. The van der Waals surface area contributed by atoms with Crippen LogP contribution >= 0.6 is 11.3 Å².